The van der Waals surface area contributed by atoms with Crippen molar-refractivity contribution in [3.8, 4) is 0 Å². The normalized spacial score (nSPS) is 14.2. The van der Waals surface area contributed by atoms with Crippen LogP contribution in [0, 0.1) is 0 Å². The van der Waals surface area contributed by atoms with Gasteiger partial charge in [0.05, 0.1) is 18.3 Å². The fraction of sp³-hybridized carbons (Fsp3) is 0.667. The topological polar surface area (TPSA) is 56.2 Å². The van der Waals surface area contributed by atoms with E-state index in [1.165, 1.54) is 7.11 Å². The highest BCUT2D eigenvalue weighted by Crippen LogP contribution is 2.16. The largest absolute Gasteiger partial charge is 0.468 e. The van der Waals surface area contributed by atoms with Crippen LogP contribution in [0.2, 0.25) is 5.02 Å². The van der Waals surface area contributed by atoms with E-state index < -0.39 is 5.54 Å². The smallest absolute Gasteiger partial charge is 0.325 e. The van der Waals surface area contributed by atoms with E-state index in [1.54, 1.807) is 24.1 Å². The van der Waals surface area contributed by atoms with Gasteiger partial charge >= 0.3 is 5.97 Å². The van der Waals surface area contributed by atoms with Crippen LogP contribution in [-0.4, -0.2) is 35.4 Å². The number of methoxy groups -OCH3 is 1. The van der Waals surface area contributed by atoms with Gasteiger partial charge in [-0.2, -0.15) is 5.10 Å². The lowest BCUT2D eigenvalue weighted by atomic mass is 9.95. The standard InChI is InChI=1S/C12H20ClN3O2/c1-12(14-2,11(17)18-3)6-4-5-7-16-9-10(13)8-15-16/h8-9,14H,4-7H2,1-3H3. The minimum Gasteiger partial charge on any atom is -0.468 e. The Morgan fingerprint density at radius 3 is 2.83 bits per heavy atom. The number of nitrogens with zero attached hydrogens (tertiary/aromatic N) is 2. The summed E-state index contributed by atoms with van der Waals surface area (Å²) in [6.07, 6.45) is 5.98. The molecule has 0 aliphatic heterocycles. The molecule has 102 valence electrons. The van der Waals surface area contributed by atoms with Crippen LogP contribution in [0.5, 0.6) is 0 Å². The molecule has 1 unspecified atom stereocenters. The number of aryl methyl sites for hydroxylation is 1. The van der Waals surface area contributed by atoms with Gasteiger partial charge in [-0.1, -0.05) is 11.6 Å². The van der Waals surface area contributed by atoms with Gasteiger partial charge in [-0.15, -0.1) is 0 Å². The second-order valence-electron chi connectivity index (χ2n) is 4.45. The maximum Gasteiger partial charge on any atom is 0.325 e. The molecule has 0 aromatic carbocycles. The molecule has 0 saturated carbocycles. The molecule has 1 rings (SSSR count). The predicted octanol–water partition coefficient (Wildman–Crippen LogP) is 1.86. The molecule has 0 saturated heterocycles. The molecule has 1 N–H and O–H groups in total. The number of aromatic nitrogens is 2. The lowest BCUT2D eigenvalue weighted by Gasteiger charge is -2.25. The molecule has 0 bridgehead atoms. The van der Waals surface area contributed by atoms with Gasteiger partial charge in [0.15, 0.2) is 0 Å². The Balaban J connectivity index is 2.34. The molecule has 0 amide bonds. The zero-order valence-corrected chi connectivity index (χ0v) is 11.8. The van der Waals surface area contributed by atoms with Crippen molar-refractivity contribution in [2.75, 3.05) is 14.2 Å². The van der Waals surface area contributed by atoms with Gasteiger partial charge in [-0.05, 0) is 33.2 Å². The van der Waals surface area contributed by atoms with E-state index in [9.17, 15) is 4.79 Å². The zero-order valence-electron chi connectivity index (χ0n) is 11.1. The van der Waals surface area contributed by atoms with E-state index in [0.29, 0.717) is 5.02 Å². The summed E-state index contributed by atoms with van der Waals surface area (Å²) in [5.74, 6) is -0.230. The first-order valence-electron chi connectivity index (χ1n) is 5.97. The average Bonchev–Trinajstić information content (AvgIpc) is 2.79. The number of likely N-dealkylation sites (N-methyl/N-ethyl adjacent to an activating group) is 1. The van der Waals surface area contributed by atoms with Gasteiger partial charge < -0.3 is 10.1 Å². The van der Waals surface area contributed by atoms with E-state index >= 15 is 0 Å². The molecule has 1 aromatic rings. The Hall–Kier alpha value is -1.07. The van der Waals surface area contributed by atoms with E-state index in [4.69, 9.17) is 16.3 Å². The maximum absolute atomic E-state index is 11.6. The summed E-state index contributed by atoms with van der Waals surface area (Å²) in [4.78, 5) is 11.6. The quantitative estimate of drug-likeness (QED) is 0.609. The van der Waals surface area contributed by atoms with E-state index in [-0.39, 0.29) is 5.97 Å². The highest BCUT2D eigenvalue weighted by Gasteiger charge is 2.31. The highest BCUT2D eigenvalue weighted by atomic mass is 35.5. The van der Waals surface area contributed by atoms with Crippen molar-refractivity contribution in [1.29, 1.82) is 0 Å². The lowest BCUT2D eigenvalue weighted by molar-refractivity contribution is -0.148. The number of hydrogen-bond acceptors (Lipinski definition) is 4. The lowest BCUT2D eigenvalue weighted by Crippen LogP contribution is -2.48. The molecule has 6 heteroatoms. The third-order valence-electron chi connectivity index (χ3n) is 3.10. The molecule has 0 fully saturated rings. The first kappa shape index (κ1) is 15.0. The van der Waals surface area contributed by atoms with Crippen LogP contribution < -0.4 is 5.32 Å². The summed E-state index contributed by atoms with van der Waals surface area (Å²) in [6, 6.07) is 0. The van der Waals surface area contributed by atoms with Crippen molar-refractivity contribution >= 4 is 17.6 Å². The van der Waals surface area contributed by atoms with Crippen molar-refractivity contribution in [2.24, 2.45) is 0 Å². The number of halogens is 1. The van der Waals surface area contributed by atoms with Crippen LogP contribution in [0.3, 0.4) is 0 Å². The Morgan fingerprint density at radius 1 is 1.61 bits per heavy atom. The Bertz CT molecular complexity index is 394. The molecule has 0 aliphatic carbocycles. The van der Waals surface area contributed by atoms with Crippen molar-refractivity contribution in [3.05, 3.63) is 17.4 Å². The summed E-state index contributed by atoms with van der Waals surface area (Å²) in [5, 5.41) is 7.76. The average molecular weight is 274 g/mol. The number of hydrogen-bond donors (Lipinski definition) is 1. The van der Waals surface area contributed by atoms with Crippen LogP contribution in [0.15, 0.2) is 12.4 Å². The van der Waals surface area contributed by atoms with Crippen LogP contribution in [0.1, 0.15) is 26.2 Å². The number of unbranched alkanes of at least 4 members (excludes halogenated alkanes) is 1. The van der Waals surface area contributed by atoms with Gasteiger partial charge in [0.2, 0.25) is 0 Å². The minimum absolute atomic E-state index is 0.230. The molecular weight excluding hydrogens is 254 g/mol. The van der Waals surface area contributed by atoms with E-state index in [0.717, 1.165) is 25.8 Å². The number of carbonyl (C=O) groups is 1. The minimum atomic E-state index is -0.615. The third kappa shape index (κ3) is 3.99. The second kappa shape index (κ2) is 6.75. The van der Waals surface area contributed by atoms with Crippen LogP contribution in [-0.2, 0) is 16.1 Å². The monoisotopic (exact) mass is 273 g/mol. The molecule has 5 nitrogen and oxygen atoms in total. The SMILES string of the molecule is CNC(C)(CCCCn1cc(Cl)cn1)C(=O)OC. The molecule has 1 atom stereocenters. The van der Waals surface area contributed by atoms with Gasteiger partial charge in [0, 0.05) is 12.7 Å². The first-order chi connectivity index (χ1) is 8.51. The number of nitrogens with one attached hydrogen (secondary N) is 1. The second-order valence-corrected chi connectivity index (χ2v) is 4.89. The Morgan fingerprint density at radius 2 is 2.33 bits per heavy atom. The molecule has 18 heavy (non-hydrogen) atoms. The summed E-state index contributed by atoms with van der Waals surface area (Å²) >= 11 is 5.77. The number of esters is 1. The van der Waals surface area contributed by atoms with Crippen LogP contribution in [0.4, 0.5) is 0 Å². The van der Waals surface area contributed by atoms with Gasteiger partial charge in [-0.25, -0.2) is 0 Å². The Labute approximate surface area is 112 Å². The fourth-order valence-electron chi connectivity index (χ4n) is 1.77. The van der Waals surface area contributed by atoms with Gasteiger partial charge in [0.1, 0.15) is 5.54 Å². The maximum atomic E-state index is 11.6. The van der Waals surface area contributed by atoms with Crippen LogP contribution in [0.25, 0.3) is 0 Å². The molecule has 0 radical (unpaired) electrons. The summed E-state index contributed by atoms with van der Waals surface area (Å²) in [6.45, 7) is 2.65. The molecule has 1 heterocycles. The number of carbonyl (C=O) groups excluding carboxylic acids is 1. The summed E-state index contributed by atoms with van der Waals surface area (Å²) in [5.41, 5.74) is -0.615. The van der Waals surface area contributed by atoms with Gasteiger partial charge in [0.25, 0.3) is 0 Å². The molecule has 0 aliphatic rings. The molecule has 1 aromatic heterocycles. The van der Waals surface area contributed by atoms with Crippen molar-refractivity contribution in [3.63, 3.8) is 0 Å². The third-order valence-corrected chi connectivity index (χ3v) is 3.30. The van der Waals surface area contributed by atoms with Crippen molar-refractivity contribution in [1.82, 2.24) is 15.1 Å². The van der Waals surface area contributed by atoms with Crippen molar-refractivity contribution < 1.29 is 9.53 Å². The molecular formula is C12H20ClN3O2. The van der Waals surface area contributed by atoms with E-state index in [2.05, 4.69) is 10.4 Å². The van der Waals surface area contributed by atoms with Crippen molar-refractivity contribution in [2.45, 2.75) is 38.3 Å². The summed E-state index contributed by atoms with van der Waals surface area (Å²) in [7, 11) is 3.17. The fourth-order valence-corrected chi connectivity index (χ4v) is 1.92. The Kier molecular flexibility index (Phi) is 5.62. The predicted molar refractivity (Wildman–Crippen MR) is 70.6 cm³/mol. The number of ether oxygens (including phenoxy) is 1. The highest BCUT2D eigenvalue weighted by molar-refractivity contribution is 6.30. The summed E-state index contributed by atoms with van der Waals surface area (Å²) < 4.78 is 6.59. The van der Waals surface area contributed by atoms with E-state index in [1.807, 2.05) is 6.92 Å². The van der Waals surface area contributed by atoms with Crippen LogP contribution >= 0.6 is 11.6 Å². The molecule has 0 spiro atoms. The van der Waals surface area contributed by atoms with Gasteiger partial charge in [-0.3, -0.25) is 9.48 Å². The number of rotatable bonds is 7. The zero-order chi connectivity index (χ0) is 13.6. The first-order valence-corrected chi connectivity index (χ1v) is 6.35.